The Morgan fingerprint density at radius 1 is 1.07 bits per heavy atom. The smallest absolute Gasteiger partial charge is 0.255 e. The van der Waals surface area contributed by atoms with Gasteiger partial charge in [-0.05, 0) is 52.7 Å². The van der Waals surface area contributed by atoms with Crippen LogP contribution in [-0.4, -0.2) is 39.2 Å². The first-order valence-corrected chi connectivity index (χ1v) is 9.48. The molecule has 7 nitrogen and oxygen atoms in total. The summed E-state index contributed by atoms with van der Waals surface area (Å²) >= 11 is 3.43. The van der Waals surface area contributed by atoms with E-state index in [1.54, 1.807) is 36.4 Å². The maximum atomic E-state index is 12.7. The Morgan fingerprint density at radius 2 is 1.79 bits per heavy atom. The van der Waals surface area contributed by atoms with E-state index >= 15 is 0 Å². The summed E-state index contributed by atoms with van der Waals surface area (Å²) in [6, 6.07) is 10.1. The number of halogens is 1. The second-order valence-electron chi connectivity index (χ2n) is 5.85. The predicted molar refractivity (Wildman–Crippen MR) is 111 cm³/mol. The molecular formula is C20H23BrN2O5. The van der Waals surface area contributed by atoms with Gasteiger partial charge in [-0.3, -0.25) is 9.59 Å². The molecule has 8 heteroatoms. The third-order valence-electron chi connectivity index (χ3n) is 3.62. The Bertz CT molecular complexity index is 841. The van der Waals surface area contributed by atoms with Crippen LogP contribution in [0.3, 0.4) is 0 Å². The fourth-order valence-electron chi connectivity index (χ4n) is 2.40. The molecule has 0 aliphatic heterocycles. The lowest BCUT2D eigenvalue weighted by molar-refractivity contribution is -0.119. The monoisotopic (exact) mass is 450 g/mol. The van der Waals surface area contributed by atoms with Gasteiger partial charge in [0.2, 0.25) is 5.91 Å². The number of anilines is 2. The summed E-state index contributed by atoms with van der Waals surface area (Å²) in [5, 5.41) is 5.50. The van der Waals surface area contributed by atoms with Crippen molar-refractivity contribution in [2.75, 3.05) is 38.1 Å². The largest absolute Gasteiger partial charge is 0.493 e. The van der Waals surface area contributed by atoms with Crippen molar-refractivity contribution in [2.45, 2.75) is 13.3 Å². The van der Waals surface area contributed by atoms with Crippen LogP contribution in [0.25, 0.3) is 0 Å². The first-order chi connectivity index (χ1) is 13.5. The first-order valence-electron chi connectivity index (χ1n) is 8.69. The number of nitrogens with one attached hydrogen (secondary N) is 2. The molecule has 2 amide bonds. The highest BCUT2D eigenvalue weighted by Crippen LogP contribution is 2.37. The molecule has 150 valence electrons. The van der Waals surface area contributed by atoms with E-state index in [2.05, 4.69) is 26.6 Å². The fourth-order valence-corrected chi connectivity index (χ4v) is 2.96. The quantitative estimate of drug-likeness (QED) is 0.600. The summed E-state index contributed by atoms with van der Waals surface area (Å²) in [6.07, 6.45) is 0.856. The maximum absolute atomic E-state index is 12.7. The van der Waals surface area contributed by atoms with E-state index in [0.717, 1.165) is 6.42 Å². The van der Waals surface area contributed by atoms with Crippen LogP contribution in [0.2, 0.25) is 0 Å². The molecular weight excluding hydrogens is 428 g/mol. The number of amides is 2. The van der Waals surface area contributed by atoms with Gasteiger partial charge in [-0.25, -0.2) is 0 Å². The van der Waals surface area contributed by atoms with Crippen LogP contribution >= 0.6 is 15.9 Å². The van der Waals surface area contributed by atoms with Gasteiger partial charge >= 0.3 is 0 Å². The molecule has 0 radical (unpaired) electrons. The molecule has 2 rings (SSSR count). The average molecular weight is 451 g/mol. The van der Waals surface area contributed by atoms with Gasteiger partial charge in [0.15, 0.2) is 11.5 Å². The van der Waals surface area contributed by atoms with Gasteiger partial charge in [0.25, 0.3) is 5.91 Å². The van der Waals surface area contributed by atoms with Gasteiger partial charge in [-0.15, -0.1) is 0 Å². The van der Waals surface area contributed by atoms with Crippen LogP contribution in [0.4, 0.5) is 11.4 Å². The van der Waals surface area contributed by atoms with Crippen LogP contribution in [0.15, 0.2) is 40.9 Å². The minimum atomic E-state index is -0.318. The van der Waals surface area contributed by atoms with Crippen molar-refractivity contribution >= 4 is 39.1 Å². The molecule has 2 N–H and O–H groups in total. The Balaban J connectivity index is 2.16. The lowest BCUT2D eigenvalue weighted by atomic mass is 10.1. The highest BCUT2D eigenvalue weighted by molar-refractivity contribution is 9.10. The van der Waals surface area contributed by atoms with Gasteiger partial charge in [0, 0.05) is 24.0 Å². The predicted octanol–water partition coefficient (Wildman–Crippen LogP) is 4.08. The molecule has 0 saturated heterocycles. The van der Waals surface area contributed by atoms with E-state index in [9.17, 15) is 9.59 Å². The minimum Gasteiger partial charge on any atom is -0.493 e. The number of carbonyl (C=O) groups is 2. The average Bonchev–Trinajstić information content (AvgIpc) is 2.66. The minimum absolute atomic E-state index is 0.0448. The van der Waals surface area contributed by atoms with Crippen LogP contribution in [-0.2, 0) is 9.53 Å². The summed E-state index contributed by atoms with van der Waals surface area (Å²) in [5.74, 6) is 0.432. The number of methoxy groups -OCH3 is 2. The third-order valence-corrected chi connectivity index (χ3v) is 4.21. The summed E-state index contributed by atoms with van der Waals surface area (Å²) in [7, 11) is 2.97. The van der Waals surface area contributed by atoms with Crippen molar-refractivity contribution in [3.05, 3.63) is 46.4 Å². The Hall–Kier alpha value is -2.58. The van der Waals surface area contributed by atoms with Crippen molar-refractivity contribution in [1.29, 1.82) is 0 Å². The molecule has 28 heavy (non-hydrogen) atoms. The molecule has 2 aromatic carbocycles. The number of rotatable bonds is 9. The van der Waals surface area contributed by atoms with Gasteiger partial charge in [-0.2, -0.15) is 0 Å². The number of carbonyl (C=O) groups excluding carboxylic acids is 2. The maximum Gasteiger partial charge on any atom is 0.255 e. The van der Waals surface area contributed by atoms with Gasteiger partial charge in [0.1, 0.15) is 6.61 Å². The highest BCUT2D eigenvalue weighted by atomic mass is 79.9. The normalized spacial score (nSPS) is 10.3. The molecule has 2 aromatic rings. The SMILES string of the molecule is CCCOc1c(Br)cc(C(=O)Nc2cccc(NC(=O)COC)c2)cc1OC. The molecule has 0 bridgehead atoms. The zero-order valence-corrected chi connectivity index (χ0v) is 17.6. The Morgan fingerprint density at radius 3 is 2.43 bits per heavy atom. The molecule has 0 heterocycles. The highest BCUT2D eigenvalue weighted by Gasteiger charge is 2.16. The molecule has 0 aliphatic carbocycles. The van der Waals surface area contributed by atoms with Crippen molar-refractivity contribution < 1.29 is 23.8 Å². The van der Waals surface area contributed by atoms with Gasteiger partial charge in [-0.1, -0.05) is 13.0 Å². The van der Waals surface area contributed by atoms with Crippen LogP contribution in [0, 0.1) is 0 Å². The molecule has 0 spiro atoms. The van der Waals surface area contributed by atoms with Crippen LogP contribution in [0.1, 0.15) is 23.7 Å². The molecule has 0 fully saturated rings. The van der Waals surface area contributed by atoms with E-state index < -0.39 is 0 Å². The van der Waals surface area contributed by atoms with Crippen molar-refractivity contribution in [3.63, 3.8) is 0 Å². The van der Waals surface area contributed by atoms with E-state index in [1.165, 1.54) is 14.2 Å². The van der Waals surface area contributed by atoms with E-state index in [1.807, 2.05) is 6.92 Å². The van der Waals surface area contributed by atoms with Crippen LogP contribution < -0.4 is 20.1 Å². The zero-order chi connectivity index (χ0) is 20.5. The number of benzene rings is 2. The summed E-state index contributed by atoms with van der Waals surface area (Å²) in [4.78, 5) is 24.3. The molecule has 0 aliphatic rings. The second-order valence-corrected chi connectivity index (χ2v) is 6.71. The Kier molecular flexibility index (Phi) is 8.28. The molecule has 0 saturated carbocycles. The van der Waals surface area contributed by atoms with Crippen molar-refractivity contribution in [2.24, 2.45) is 0 Å². The second kappa shape index (κ2) is 10.7. The summed E-state index contributed by atoms with van der Waals surface area (Å²) in [5.41, 5.74) is 1.50. The fraction of sp³-hybridized carbons (Fsp3) is 0.300. The zero-order valence-electron chi connectivity index (χ0n) is 16.0. The lowest BCUT2D eigenvalue weighted by Crippen LogP contribution is -2.17. The number of hydrogen-bond donors (Lipinski definition) is 2. The molecule has 0 aromatic heterocycles. The standard InChI is InChI=1S/C20H23BrN2O5/c1-4-8-28-19-16(21)9-13(10-17(19)27-3)20(25)23-15-7-5-6-14(11-15)22-18(24)12-26-2/h5-7,9-11H,4,8,12H2,1-3H3,(H,22,24)(H,23,25). The topological polar surface area (TPSA) is 85.9 Å². The van der Waals surface area contributed by atoms with E-state index in [0.29, 0.717) is 39.5 Å². The van der Waals surface area contributed by atoms with Crippen molar-refractivity contribution in [3.8, 4) is 11.5 Å². The van der Waals surface area contributed by atoms with E-state index in [4.69, 9.17) is 14.2 Å². The van der Waals surface area contributed by atoms with Crippen LogP contribution in [0.5, 0.6) is 11.5 Å². The third kappa shape index (κ3) is 5.97. The molecule has 0 unspecified atom stereocenters. The lowest BCUT2D eigenvalue weighted by Gasteiger charge is -2.14. The van der Waals surface area contributed by atoms with Gasteiger partial charge < -0.3 is 24.8 Å². The molecule has 0 atom stereocenters. The summed E-state index contributed by atoms with van der Waals surface area (Å²) < 4.78 is 16.5. The van der Waals surface area contributed by atoms with Crippen molar-refractivity contribution in [1.82, 2.24) is 0 Å². The first kappa shape index (κ1) is 21.7. The van der Waals surface area contributed by atoms with E-state index in [-0.39, 0.29) is 18.4 Å². The number of hydrogen-bond acceptors (Lipinski definition) is 5. The summed E-state index contributed by atoms with van der Waals surface area (Å²) in [6.45, 7) is 2.51. The van der Waals surface area contributed by atoms with Gasteiger partial charge in [0.05, 0.1) is 18.2 Å². The number of ether oxygens (including phenoxy) is 3. The Labute approximate surface area is 172 Å².